The van der Waals surface area contributed by atoms with E-state index in [4.69, 9.17) is 9.47 Å². The van der Waals surface area contributed by atoms with Crippen molar-refractivity contribution in [2.24, 2.45) is 5.92 Å². The summed E-state index contributed by atoms with van der Waals surface area (Å²) in [5.74, 6) is 0.132. The SMILES string of the molecule is C=C(C)C(=O)OCCCNC(=O)OC(C)C1CC1. The molecule has 0 bridgehead atoms. The number of hydrogen-bond acceptors (Lipinski definition) is 4. The average molecular weight is 255 g/mol. The van der Waals surface area contributed by atoms with Crippen molar-refractivity contribution in [2.45, 2.75) is 39.2 Å². The molecular weight excluding hydrogens is 234 g/mol. The predicted octanol–water partition coefficient (Wildman–Crippen LogP) is 2.02. The van der Waals surface area contributed by atoms with Crippen LogP contribution >= 0.6 is 0 Å². The van der Waals surface area contributed by atoms with Gasteiger partial charge in [-0.3, -0.25) is 0 Å². The maximum atomic E-state index is 11.3. The molecule has 0 aliphatic heterocycles. The van der Waals surface area contributed by atoms with Crippen LogP contribution in [0.25, 0.3) is 0 Å². The minimum atomic E-state index is -0.403. The van der Waals surface area contributed by atoms with Gasteiger partial charge >= 0.3 is 12.1 Å². The van der Waals surface area contributed by atoms with Crippen molar-refractivity contribution < 1.29 is 19.1 Å². The van der Waals surface area contributed by atoms with E-state index in [9.17, 15) is 9.59 Å². The van der Waals surface area contributed by atoms with Crippen LogP contribution in [-0.2, 0) is 14.3 Å². The molecule has 1 atom stereocenters. The molecule has 102 valence electrons. The molecule has 1 fully saturated rings. The van der Waals surface area contributed by atoms with Crippen molar-refractivity contribution in [2.75, 3.05) is 13.2 Å². The highest BCUT2D eigenvalue weighted by Gasteiger charge is 2.30. The minimum Gasteiger partial charge on any atom is -0.462 e. The van der Waals surface area contributed by atoms with Crippen LogP contribution in [0.4, 0.5) is 4.79 Å². The molecule has 0 radical (unpaired) electrons. The normalized spacial score (nSPS) is 15.7. The molecule has 0 aromatic carbocycles. The number of hydrogen-bond donors (Lipinski definition) is 1. The van der Waals surface area contributed by atoms with Gasteiger partial charge in [-0.15, -0.1) is 0 Å². The van der Waals surface area contributed by atoms with Gasteiger partial charge in [-0.2, -0.15) is 0 Å². The minimum absolute atomic E-state index is 0.00811. The van der Waals surface area contributed by atoms with Crippen molar-refractivity contribution in [1.82, 2.24) is 5.32 Å². The molecule has 0 heterocycles. The molecular formula is C13H21NO4. The van der Waals surface area contributed by atoms with Crippen LogP contribution in [0.2, 0.25) is 0 Å². The number of ether oxygens (including phenoxy) is 2. The molecule has 0 saturated heterocycles. The van der Waals surface area contributed by atoms with E-state index >= 15 is 0 Å². The van der Waals surface area contributed by atoms with Gasteiger partial charge in [0, 0.05) is 12.1 Å². The Morgan fingerprint density at radius 2 is 2.11 bits per heavy atom. The van der Waals surface area contributed by atoms with Gasteiger partial charge in [-0.05, 0) is 39.0 Å². The van der Waals surface area contributed by atoms with Crippen LogP contribution in [0.3, 0.4) is 0 Å². The van der Waals surface area contributed by atoms with Crippen molar-refractivity contribution in [1.29, 1.82) is 0 Å². The summed E-state index contributed by atoms with van der Waals surface area (Å²) >= 11 is 0. The van der Waals surface area contributed by atoms with Crippen LogP contribution < -0.4 is 5.32 Å². The fourth-order valence-corrected chi connectivity index (χ4v) is 1.42. The van der Waals surface area contributed by atoms with Crippen LogP contribution in [0.1, 0.15) is 33.1 Å². The Hall–Kier alpha value is -1.52. The summed E-state index contributed by atoms with van der Waals surface area (Å²) in [5, 5.41) is 2.62. The highest BCUT2D eigenvalue weighted by molar-refractivity contribution is 5.86. The number of carbonyl (C=O) groups excluding carboxylic acids is 2. The van der Waals surface area contributed by atoms with Gasteiger partial charge in [0.15, 0.2) is 0 Å². The first-order valence-corrected chi connectivity index (χ1v) is 6.28. The van der Waals surface area contributed by atoms with Crippen LogP contribution in [-0.4, -0.2) is 31.3 Å². The average Bonchev–Trinajstić information content (AvgIpc) is 3.11. The van der Waals surface area contributed by atoms with Gasteiger partial charge in [0.1, 0.15) is 6.10 Å². The second-order valence-electron chi connectivity index (χ2n) is 4.64. The van der Waals surface area contributed by atoms with E-state index in [1.54, 1.807) is 6.92 Å². The third-order valence-corrected chi connectivity index (χ3v) is 2.75. The number of esters is 1. The summed E-state index contributed by atoms with van der Waals surface area (Å²) in [7, 11) is 0. The van der Waals surface area contributed by atoms with E-state index in [0.29, 0.717) is 24.5 Å². The second kappa shape index (κ2) is 7.03. The van der Waals surface area contributed by atoms with Crippen LogP contribution in [0, 0.1) is 5.92 Å². The quantitative estimate of drug-likeness (QED) is 0.429. The molecule has 1 unspecified atom stereocenters. The zero-order valence-corrected chi connectivity index (χ0v) is 11.0. The van der Waals surface area contributed by atoms with Gasteiger partial charge in [0.25, 0.3) is 0 Å². The monoisotopic (exact) mass is 255 g/mol. The van der Waals surface area contributed by atoms with E-state index in [1.807, 2.05) is 6.92 Å². The number of carbonyl (C=O) groups is 2. The molecule has 0 spiro atoms. The Kier molecular flexibility index (Phi) is 5.68. The summed E-state index contributed by atoms with van der Waals surface area (Å²) in [4.78, 5) is 22.4. The molecule has 5 nitrogen and oxygen atoms in total. The van der Waals surface area contributed by atoms with Crippen molar-refractivity contribution in [3.63, 3.8) is 0 Å². The van der Waals surface area contributed by atoms with E-state index in [2.05, 4.69) is 11.9 Å². The summed E-state index contributed by atoms with van der Waals surface area (Å²) in [6, 6.07) is 0. The molecule has 1 rings (SSSR count). The Morgan fingerprint density at radius 1 is 1.44 bits per heavy atom. The maximum absolute atomic E-state index is 11.3. The Morgan fingerprint density at radius 3 is 2.67 bits per heavy atom. The third-order valence-electron chi connectivity index (χ3n) is 2.75. The molecule has 0 aromatic rings. The maximum Gasteiger partial charge on any atom is 0.407 e. The van der Waals surface area contributed by atoms with Crippen molar-refractivity contribution in [3.8, 4) is 0 Å². The first-order valence-electron chi connectivity index (χ1n) is 6.28. The Bertz CT molecular complexity index is 323. The summed E-state index contributed by atoms with van der Waals surface area (Å²) in [5.41, 5.74) is 0.376. The second-order valence-corrected chi connectivity index (χ2v) is 4.64. The first kappa shape index (κ1) is 14.5. The standard InChI is InChI=1S/C13H21NO4/c1-9(2)12(15)17-8-4-7-14-13(16)18-10(3)11-5-6-11/h10-11H,1,4-8H2,2-3H3,(H,14,16). The van der Waals surface area contributed by atoms with Gasteiger partial charge in [0.2, 0.25) is 0 Å². The number of nitrogens with one attached hydrogen (secondary N) is 1. The van der Waals surface area contributed by atoms with Gasteiger partial charge in [-0.25, -0.2) is 9.59 Å². The third kappa shape index (κ3) is 5.70. The van der Waals surface area contributed by atoms with E-state index in [1.165, 1.54) is 0 Å². The van der Waals surface area contributed by atoms with E-state index < -0.39 is 12.1 Å². The molecule has 0 aromatic heterocycles. The van der Waals surface area contributed by atoms with Crippen molar-refractivity contribution in [3.05, 3.63) is 12.2 Å². The molecule has 1 saturated carbocycles. The Labute approximate surface area is 108 Å². The molecule has 1 aliphatic rings. The lowest BCUT2D eigenvalue weighted by Crippen LogP contribution is -2.30. The molecule has 1 amide bonds. The van der Waals surface area contributed by atoms with Gasteiger partial charge < -0.3 is 14.8 Å². The number of amides is 1. The zero-order chi connectivity index (χ0) is 13.5. The smallest absolute Gasteiger partial charge is 0.407 e. The summed E-state index contributed by atoms with van der Waals surface area (Å²) < 4.78 is 10.1. The fraction of sp³-hybridized carbons (Fsp3) is 0.692. The fourth-order valence-electron chi connectivity index (χ4n) is 1.42. The van der Waals surface area contributed by atoms with Crippen LogP contribution in [0.5, 0.6) is 0 Å². The topological polar surface area (TPSA) is 64.6 Å². The number of alkyl carbamates (subject to hydrolysis) is 1. The van der Waals surface area contributed by atoms with Crippen LogP contribution in [0.15, 0.2) is 12.2 Å². The molecule has 5 heteroatoms. The molecule has 1 aliphatic carbocycles. The number of rotatable bonds is 7. The zero-order valence-electron chi connectivity index (χ0n) is 11.0. The van der Waals surface area contributed by atoms with Gasteiger partial charge in [0.05, 0.1) is 6.61 Å². The predicted molar refractivity (Wildman–Crippen MR) is 67.1 cm³/mol. The highest BCUT2D eigenvalue weighted by atomic mass is 16.6. The largest absolute Gasteiger partial charge is 0.462 e. The molecule has 18 heavy (non-hydrogen) atoms. The molecule has 1 N–H and O–H groups in total. The lowest BCUT2D eigenvalue weighted by molar-refractivity contribution is -0.138. The lowest BCUT2D eigenvalue weighted by atomic mass is 10.3. The Balaban J connectivity index is 1.98. The van der Waals surface area contributed by atoms with E-state index in [0.717, 1.165) is 12.8 Å². The summed E-state index contributed by atoms with van der Waals surface area (Å²) in [6.45, 7) is 7.67. The first-order chi connectivity index (χ1) is 8.50. The van der Waals surface area contributed by atoms with E-state index in [-0.39, 0.29) is 12.7 Å². The highest BCUT2D eigenvalue weighted by Crippen LogP contribution is 2.33. The lowest BCUT2D eigenvalue weighted by Gasteiger charge is -2.12. The van der Waals surface area contributed by atoms with Gasteiger partial charge in [-0.1, -0.05) is 6.58 Å². The van der Waals surface area contributed by atoms with Crippen molar-refractivity contribution >= 4 is 12.1 Å². The summed E-state index contributed by atoms with van der Waals surface area (Å²) in [6.07, 6.45) is 2.44.